The maximum absolute atomic E-state index is 13.2. The Bertz CT molecular complexity index is 1160. The van der Waals surface area contributed by atoms with Gasteiger partial charge in [0, 0.05) is 37.6 Å². The maximum Gasteiger partial charge on any atom is 0.252 e. The summed E-state index contributed by atoms with van der Waals surface area (Å²) in [6.07, 6.45) is 1.52. The maximum atomic E-state index is 13.2. The van der Waals surface area contributed by atoms with E-state index in [4.69, 9.17) is 0 Å². The minimum absolute atomic E-state index is 0.0699. The fourth-order valence-electron chi connectivity index (χ4n) is 4.00. The first-order valence-electron chi connectivity index (χ1n) is 10.9. The number of nitrogens with zero attached hydrogens (tertiary/aromatic N) is 2. The summed E-state index contributed by atoms with van der Waals surface area (Å²) in [6.45, 7) is 7.37. The first-order chi connectivity index (χ1) is 15.8. The molecule has 1 aliphatic rings. The van der Waals surface area contributed by atoms with E-state index in [9.17, 15) is 13.5 Å². The molecule has 8 heteroatoms. The lowest BCUT2D eigenvalue weighted by Gasteiger charge is -2.42. The Labute approximate surface area is 199 Å². The van der Waals surface area contributed by atoms with E-state index in [1.807, 2.05) is 54.6 Å². The Kier molecular flexibility index (Phi) is 6.90. The Morgan fingerprint density at radius 1 is 1.12 bits per heavy atom. The number of piperazine rings is 1. The molecule has 2 N–H and O–H groups in total. The van der Waals surface area contributed by atoms with Crippen molar-refractivity contribution in [2.45, 2.75) is 22.8 Å². The van der Waals surface area contributed by atoms with E-state index in [2.05, 4.69) is 16.8 Å². The van der Waals surface area contributed by atoms with E-state index >= 15 is 0 Å². The SMILES string of the molecule is C=CC(C)(O)c1ccc(N2CCN(S(=O)(=O)c3cccs3)C[C@@H]2CNc2ccccc2)cc1. The number of sulfonamides is 1. The van der Waals surface area contributed by atoms with Crippen LogP contribution in [-0.4, -0.2) is 50.1 Å². The second-order valence-electron chi connectivity index (χ2n) is 8.29. The number of anilines is 2. The van der Waals surface area contributed by atoms with Gasteiger partial charge in [0.05, 0.1) is 6.04 Å². The number of hydrogen-bond donors (Lipinski definition) is 2. The number of nitrogens with one attached hydrogen (secondary N) is 1. The van der Waals surface area contributed by atoms with Crippen LogP contribution >= 0.6 is 11.3 Å². The van der Waals surface area contributed by atoms with Gasteiger partial charge in [-0.15, -0.1) is 11.3 Å². The number of thiophene rings is 1. The van der Waals surface area contributed by atoms with Crippen LogP contribution in [0.4, 0.5) is 11.4 Å². The van der Waals surface area contributed by atoms with Gasteiger partial charge in [-0.2, -0.15) is 4.31 Å². The molecule has 4 rings (SSSR count). The molecule has 1 unspecified atom stereocenters. The summed E-state index contributed by atoms with van der Waals surface area (Å²) >= 11 is 1.25. The predicted octanol–water partition coefficient (Wildman–Crippen LogP) is 4.13. The van der Waals surface area contributed by atoms with Gasteiger partial charge in [-0.25, -0.2) is 8.42 Å². The molecule has 6 nitrogen and oxygen atoms in total. The Morgan fingerprint density at radius 3 is 2.48 bits per heavy atom. The first-order valence-corrected chi connectivity index (χ1v) is 13.2. The molecular formula is C25H29N3O3S2. The number of para-hydroxylation sites is 1. The molecule has 0 saturated carbocycles. The molecule has 0 radical (unpaired) electrons. The molecule has 3 aromatic rings. The van der Waals surface area contributed by atoms with E-state index in [1.54, 1.807) is 28.7 Å². The smallest absolute Gasteiger partial charge is 0.252 e. The summed E-state index contributed by atoms with van der Waals surface area (Å²) in [5, 5.41) is 15.7. The van der Waals surface area contributed by atoms with E-state index in [0.29, 0.717) is 30.4 Å². The van der Waals surface area contributed by atoms with Crippen molar-refractivity contribution in [3.8, 4) is 0 Å². The lowest BCUT2D eigenvalue weighted by molar-refractivity contribution is 0.111. The van der Waals surface area contributed by atoms with Gasteiger partial charge in [0.1, 0.15) is 9.81 Å². The van der Waals surface area contributed by atoms with Crippen molar-refractivity contribution in [1.82, 2.24) is 4.31 Å². The molecule has 2 aromatic carbocycles. The zero-order valence-electron chi connectivity index (χ0n) is 18.6. The monoisotopic (exact) mass is 483 g/mol. The molecular weight excluding hydrogens is 454 g/mol. The fourth-order valence-corrected chi connectivity index (χ4v) is 6.61. The van der Waals surface area contributed by atoms with Gasteiger partial charge in [0.2, 0.25) is 0 Å². The molecule has 1 saturated heterocycles. The summed E-state index contributed by atoms with van der Waals surface area (Å²) in [5.74, 6) is 0. The molecule has 0 amide bonds. The molecule has 1 aromatic heterocycles. The molecule has 174 valence electrons. The third-order valence-corrected chi connectivity index (χ3v) is 9.27. The second kappa shape index (κ2) is 9.69. The number of aliphatic hydroxyl groups is 1. The van der Waals surface area contributed by atoms with Crippen molar-refractivity contribution in [3.63, 3.8) is 0 Å². The van der Waals surface area contributed by atoms with Crippen molar-refractivity contribution < 1.29 is 13.5 Å². The van der Waals surface area contributed by atoms with Crippen molar-refractivity contribution in [3.05, 3.63) is 90.3 Å². The molecule has 2 atom stereocenters. The average molecular weight is 484 g/mol. The molecule has 2 heterocycles. The standard InChI is InChI=1S/C25H29N3O3S2/c1-3-25(2,29)20-11-13-22(14-12-20)28-16-15-27(33(30,31)24-10-7-17-32-24)19-23(28)18-26-21-8-5-4-6-9-21/h3-14,17,23,26,29H,1,15-16,18-19H2,2H3/t23-,25?/m0/s1. The van der Waals surface area contributed by atoms with E-state index < -0.39 is 15.6 Å². The van der Waals surface area contributed by atoms with Crippen molar-refractivity contribution in [2.75, 3.05) is 36.4 Å². The van der Waals surface area contributed by atoms with Gasteiger partial charge in [0.15, 0.2) is 0 Å². The highest BCUT2D eigenvalue weighted by atomic mass is 32.2. The van der Waals surface area contributed by atoms with Crippen LogP contribution in [0.5, 0.6) is 0 Å². The van der Waals surface area contributed by atoms with E-state index in [-0.39, 0.29) is 6.04 Å². The summed E-state index contributed by atoms with van der Waals surface area (Å²) in [7, 11) is -3.52. The zero-order chi connectivity index (χ0) is 23.5. The van der Waals surface area contributed by atoms with Crippen LogP contribution in [0.15, 0.2) is 89.0 Å². The molecule has 1 aliphatic heterocycles. The minimum Gasteiger partial charge on any atom is -0.383 e. The molecule has 0 aliphatic carbocycles. The number of benzene rings is 2. The zero-order valence-corrected chi connectivity index (χ0v) is 20.2. The first kappa shape index (κ1) is 23.5. The third-order valence-electron chi connectivity index (χ3n) is 6.03. The summed E-state index contributed by atoms with van der Waals surface area (Å²) in [4.78, 5) is 2.24. The summed E-state index contributed by atoms with van der Waals surface area (Å²) < 4.78 is 28.3. The predicted molar refractivity (Wildman–Crippen MR) is 135 cm³/mol. The van der Waals surface area contributed by atoms with Crippen molar-refractivity contribution in [2.24, 2.45) is 0 Å². The van der Waals surface area contributed by atoms with Crippen LogP contribution in [0.25, 0.3) is 0 Å². The average Bonchev–Trinajstić information content (AvgIpc) is 3.39. The molecule has 1 fully saturated rings. The highest BCUT2D eigenvalue weighted by molar-refractivity contribution is 7.91. The number of rotatable bonds is 8. The summed E-state index contributed by atoms with van der Waals surface area (Å²) in [6, 6.07) is 21.0. The lowest BCUT2D eigenvalue weighted by atomic mass is 9.96. The van der Waals surface area contributed by atoms with Crippen molar-refractivity contribution in [1.29, 1.82) is 0 Å². The van der Waals surface area contributed by atoms with E-state index in [1.165, 1.54) is 17.4 Å². The Balaban J connectivity index is 1.58. The van der Waals surface area contributed by atoms with Crippen LogP contribution in [0.2, 0.25) is 0 Å². The molecule has 0 spiro atoms. The molecule has 33 heavy (non-hydrogen) atoms. The normalized spacial score (nSPS) is 19.1. The topological polar surface area (TPSA) is 72.9 Å². The van der Waals surface area contributed by atoms with Crippen LogP contribution in [-0.2, 0) is 15.6 Å². The fraction of sp³-hybridized carbons (Fsp3) is 0.280. The highest BCUT2D eigenvalue weighted by Gasteiger charge is 2.35. The van der Waals surface area contributed by atoms with Crippen LogP contribution in [0, 0.1) is 0 Å². The molecule has 0 bridgehead atoms. The van der Waals surface area contributed by atoms with Crippen molar-refractivity contribution >= 4 is 32.7 Å². The van der Waals surface area contributed by atoms with Crippen LogP contribution in [0.3, 0.4) is 0 Å². The van der Waals surface area contributed by atoms with Gasteiger partial charge in [-0.3, -0.25) is 0 Å². The van der Waals surface area contributed by atoms with Gasteiger partial charge in [-0.1, -0.05) is 49.1 Å². The van der Waals surface area contributed by atoms with Gasteiger partial charge in [0.25, 0.3) is 10.0 Å². The summed E-state index contributed by atoms with van der Waals surface area (Å²) in [5.41, 5.74) is 1.65. The van der Waals surface area contributed by atoms with Crippen LogP contribution in [0.1, 0.15) is 12.5 Å². The van der Waals surface area contributed by atoms with E-state index in [0.717, 1.165) is 16.9 Å². The largest absolute Gasteiger partial charge is 0.383 e. The van der Waals surface area contributed by atoms with Gasteiger partial charge < -0.3 is 15.3 Å². The Hall–Kier alpha value is -2.65. The second-order valence-corrected chi connectivity index (χ2v) is 11.4. The highest BCUT2D eigenvalue weighted by Crippen LogP contribution is 2.29. The van der Waals surface area contributed by atoms with Gasteiger partial charge in [-0.05, 0) is 48.2 Å². The minimum atomic E-state index is -3.52. The van der Waals surface area contributed by atoms with Gasteiger partial charge >= 0.3 is 0 Å². The lowest BCUT2D eigenvalue weighted by Crippen LogP contribution is -2.57. The van der Waals surface area contributed by atoms with Crippen LogP contribution < -0.4 is 10.2 Å². The quantitative estimate of drug-likeness (QED) is 0.471. The number of hydrogen-bond acceptors (Lipinski definition) is 6. The Morgan fingerprint density at radius 2 is 1.85 bits per heavy atom. The third kappa shape index (κ3) is 5.14.